The average Bonchev–Trinajstić information content (AvgIpc) is 2.35. The Bertz CT molecular complexity index is 197. The third-order valence-corrected chi connectivity index (χ3v) is 3.31. The highest BCUT2D eigenvalue weighted by atomic mass is 16.7. The van der Waals surface area contributed by atoms with Crippen LogP contribution in [-0.2, 0) is 0 Å². The van der Waals surface area contributed by atoms with Gasteiger partial charge in [-0.2, -0.15) is 0 Å². The second-order valence-electron chi connectivity index (χ2n) is 5.09. The normalized spacial score (nSPS) is 12.6. The summed E-state index contributed by atoms with van der Waals surface area (Å²) in [7, 11) is 0. The summed E-state index contributed by atoms with van der Waals surface area (Å²) >= 11 is 0. The first-order chi connectivity index (χ1) is 8.68. The molecule has 18 heavy (non-hydrogen) atoms. The van der Waals surface area contributed by atoms with Crippen molar-refractivity contribution in [3.8, 4) is 0 Å². The van der Waals surface area contributed by atoms with Crippen LogP contribution >= 0.6 is 0 Å². The van der Waals surface area contributed by atoms with E-state index in [2.05, 4.69) is 6.92 Å². The zero-order valence-electron chi connectivity index (χ0n) is 11.8. The minimum absolute atomic E-state index is 0.296. The van der Waals surface area contributed by atoms with Crippen LogP contribution in [-0.4, -0.2) is 16.3 Å². The zero-order valence-corrected chi connectivity index (χ0v) is 11.8. The summed E-state index contributed by atoms with van der Waals surface area (Å²) in [5, 5.41) is 19.1. The molecule has 4 nitrogen and oxygen atoms in total. The fourth-order valence-electron chi connectivity index (χ4n) is 2.10. The van der Waals surface area contributed by atoms with E-state index >= 15 is 0 Å². The predicted octanol–water partition coefficient (Wildman–Crippen LogP) is 4.28. The van der Waals surface area contributed by atoms with Crippen LogP contribution in [0.4, 0.5) is 0 Å². The van der Waals surface area contributed by atoms with E-state index in [1.165, 1.54) is 51.4 Å². The lowest BCUT2D eigenvalue weighted by Crippen LogP contribution is -2.17. The van der Waals surface area contributed by atoms with E-state index in [9.17, 15) is 10.1 Å². The van der Waals surface area contributed by atoms with Crippen molar-refractivity contribution >= 4 is 0 Å². The lowest BCUT2D eigenvalue weighted by molar-refractivity contribution is -0.571. The number of rotatable bonds is 13. The van der Waals surface area contributed by atoms with Crippen molar-refractivity contribution in [2.24, 2.45) is 0 Å². The largest absolute Gasteiger partial charge is 0.333 e. The standard InChI is InChI=1S/C14H29NO3/c1-2-3-4-5-6-7-8-9-10-11-12-13-14(16)15(17)18/h14,16H,2-13H2,1H3. The first-order valence-corrected chi connectivity index (χ1v) is 7.50. The van der Waals surface area contributed by atoms with Crippen LogP contribution in [0.25, 0.3) is 0 Å². The predicted molar refractivity (Wildman–Crippen MR) is 74.1 cm³/mol. The Morgan fingerprint density at radius 1 is 0.889 bits per heavy atom. The molecular formula is C14H29NO3. The molecule has 0 aromatic carbocycles. The van der Waals surface area contributed by atoms with Crippen molar-refractivity contribution < 1.29 is 10.0 Å². The quantitative estimate of drug-likeness (QED) is 0.232. The van der Waals surface area contributed by atoms with E-state index in [1.54, 1.807) is 0 Å². The third-order valence-electron chi connectivity index (χ3n) is 3.31. The van der Waals surface area contributed by atoms with E-state index in [1.807, 2.05) is 0 Å². The van der Waals surface area contributed by atoms with Crippen LogP contribution in [0.5, 0.6) is 0 Å². The molecule has 0 bridgehead atoms. The van der Waals surface area contributed by atoms with Crippen LogP contribution in [0.1, 0.15) is 84.0 Å². The molecule has 0 aliphatic carbocycles. The van der Waals surface area contributed by atoms with Gasteiger partial charge in [0.2, 0.25) is 0 Å². The molecule has 0 aliphatic heterocycles. The van der Waals surface area contributed by atoms with Gasteiger partial charge in [0.15, 0.2) is 0 Å². The maximum absolute atomic E-state index is 10.2. The van der Waals surface area contributed by atoms with Crippen LogP contribution in [0.2, 0.25) is 0 Å². The SMILES string of the molecule is CCCCCCCCCCCCCC(O)[N+](=O)[O-]. The zero-order chi connectivity index (χ0) is 13.6. The fraction of sp³-hybridized carbons (Fsp3) is 1.00. The number of nitrogens with zero attached hydrogens (tertiary/aromatic N) is 1. The molecule has 1 N–H and O–H groups in total. The van der Waals surface area contributed by atoms with Crippen LogP contribution in [0.3, 0.4) is 0 Å². The Labute approximate surface area is 111 Å². The monoisotopic (exact) mass is 259 g/mol. The molecule has 0 aromatic rings. The molecule has 0 saturated carbocycles. The highest BCUT2D eigenvalue weighted by molar-refractivity contribution is 4.49. The minimum atomic E-state index is -1.36. The highest BCUT2D eigenvalue weighted by Gasteiger charge is 2.13. The van der Waals surface area contributed by atoms with E-state index in [0.717, 1.165) is 19.3 Å². The summed E-state index contributed by atoms with van der Waals surface area (Å²) in [6.45, 7) is 2.23. The molecule has 0 spiro atoms. The molecule has 0 radical (unpaired) electrons. The van der Waals surface area contributed by atoms with Crippen molar-refractivity contribution in [2.45, 2.75) is 90.2 Å². The van der Waals surface area contributed by atoms with Crippen molar-refractivity contribution in [1.29, 1.82) is 0 Å². The molecule has 0 heterocycles. The van der Waals surface area contributed by atoms with Gasteiger partial charge in [0.1, 0.15) is 0 Å². The van der Waals surface area contributed by atoms with Gasteiger partial charge < -0.3 is 5.11 Å². The topological polar surface area (TPSA) is 63.4 Å². The third kappa shape index (κ3) is 11.8. The summed E-state index contributed by atoms with van der Waals surface area (Å²) in [5.74, 6) is 0. The molecule has 0 fully saturated rings. The first-order valence-electron chi connectivity index (χ1n) is 7.50. The van der Waals surface area contributed by atoms with E-state index in [-0.39, 0.29) is 0 Å². The number of hydrogen-bond donors (Lipinski definition) is 1. The molecule has 1 unspecified atom stereocenters. The summed E-state index contributed by atoms with van der Waals surface area (Å²) < 4.78 is 0. The number of nitro groups is 1. The maximum atomic E-state index is 10.2. The van der Waals surface area contributed by atoms with Crippen molar-refractivity contribution in [2.75, 3.05) is 0 Å². The Morgan fingerprint density at radius 2 is 1.28 bits per heavy atom. The van der Waals surface area contributed by atoms with Crippen molar-refractivity contribution in [3.63, 3.8) is 0 Å². The number of aliphatic hydroxyl groups is 1. The van der Waals surface area contributed by atoms with Gasteiger partial charge >= 0.3 is 6.23 Å². The Hall–Kier alpha value is -0.640. The van der Waals surface area contributed by atoms with Crippen LogP contribution < -0.4 is 0 Å². The summed E-state index contributed by atoms with van der Waals surface area (Å²) in [4.78, 5) is 9.55. The minimum Gasteiger partial charge on any atom is -0.333 e. The second-order valence-corrected chi connectivity index (χ2v) is 5.09. The molecule has 0 saturated heterocycles. The van der Waals surface area contributed by atoms with Gasteiger partial charge in [-0.3, -0.25) is 10.1 Å². The average molecular weight is 259 g/mol. The molecule has 0 aliphatic rings. The molecular weight excluding hydrogens is 230 g/mol. The lowest BCUT2D eigenvalue weighted by atomic mass is 10.1. The van der Waals surface area contributed by atoms with E-state index < -0.39 is 11.2 Å². The Balaban J connectivity index is 3.05. The van der Waals surface area contributed by atoms with Gasteiger partial charge in [0.05, 0.1) is 4.92 Å². The Morgan fingerprint density at radius 3 is 1.67 bits per heavy atom. The number of hydrogen-bond acceptors (Lipinski definition) is 3. The van der Waals surface area contributed by atoms with Crippen LogP contribution in [0, 0.1) is 10.1 Å². The van der Waals surface area contributed by atoms with E-state index in [4.69, 9.17) is 5.11 Å². The lowest BCUT2D eigenvalue weighted by Gasteiger charge is -2.03. The second kappa shape index (κ2) is 12.8. The number of aliphatic hydroxyl groups excluding tert-OH is 1. The van der Waals surface area contributed by atoms with Gasteiger partial charge in [-0.1, -0.05) is 71.1 Å². The summed E-state index contributed by atoms with van der Waals surface area (Å²) in [6.07, 6.45) is 12.4. The first kappa shape index (κ1) is 17.4. The summed E-state index contributed by atoms with van der Waals surface area (Å²) in [5.41, 5.74) is 0. The van der Waals surface area contributed by atoms with Gasteiger partial charge in [0, 0.05) is 6.42 Å². The molecule has 0 aromatic heterocycles. The highest BCUT2D eigenvalue weighted by Crippen LogP contribution is 2.12. The summed E-state index contributed by atoms with van der Waals surface area (Å²) in [6, 6.07) is 0. The smallest absolute Gasteiger partial charge is 0.312 e. The van der Waals surface area contributed by atoms with E-state index in [0.29, 0.717) is 6.42 Å². The fourth-order valence-corrected chi connectivity index (χ4v) is 2.10. The van der Waals surface area contributed by atoms with Gasteiger partial charge in [0.25, 0.3) is 0 Å². The molecule has 4 heteroatoms. The molecule has 108 valence electrons. The van der Waals surface area contributed by atoms with Crippen molar-refractivity contribution in [1.82, 2.24) is 0 Å². The molecule has 0 amide bonds. The van der Waals surface area contributed by atoms with Gasteiger partial charge in [-0.25, -0.2) is 0 Å². The molecule has 1 atom stereocenters. The van der Waals surface area contributed by atoms with Gasteiger partial charge in [-0.05, 0) is 6.42 Å². The molecule has 0 rings (SSSR count). The van der Waals surface area contributed by atoms with Crippen molar-refractivity contribution in [3.05, 3.63) is 10.1 Å². The number of unbranched alkanes of at least 4 members (excludes halogenated alkanes) is 10. The van der Waals surface area contributed by atoms with Gasteiger partial charge in [-0.15, -0.1) is 0 Å². The Kier molecular flexibility index (Phi) is 12.4. The van der Waals surface area contributed by atoms with Crippen LogP contribution in [0.15, 0.2) is 0 Å². The maximum Gasteiger partial charge on any atom is 0.312 e.